The zero-order valence-electron chi connectivity index (χ0n) is 4.49. The molecule has 0 spiro atoms. The predicted octanol–water partition coefficient (Wildman–Crippen LogP) is 3.14. The van der Waals surface area contributed by atoms with Gasteiger partial charge in [-0.3, -0.25) is 4.79 Å². The lowest BCUT2D eigenvalue weighted by atomic mass is 10.0. The lowest BCUT2D eigenvalue weighted by Gasteiger charge is -2.05. The SMILES string of the molecule is C1CCC1.O=C(Cl)Cl. The lowest BCUT2D eigenvalue weighted by Crippen LogP contribution is -1.85. The molecule has 0 bridgehead atoms. The molecule has 48 valence electrons. The van der Waals surface area contributed by atoms with Gasteiger partial charge in [-0.1, -0.05) is 25.7 Å². The Bertz CT molecular complexity index is 60.8. The van der Waals surface area contributed by atoms with Crippen LogP contribution in [-0.2, 0) is 0 Å². The van der Waals surface area contributed by atoms with Gasteiger partial charge in [-0.05, 0) is 23.2 Å². The van der Waals surface area contributed by atoms with Crippen LogP contribution in [0.3, 0.4) is 0 Å². The maximum Gasteiger partial charge on any atom is 0.313 e. The van der Waals surface area contributed by atoms with E-state index in [4.69, 9.17) is 4.79 Å². The second kappa shape index (κ2) is 5.39. The summed E-state index contributed by atoms with van der Waals surface area (Å²) in [6, 6.07) is 0. The molecule has 0 amide bonds. The monoisotopic (exact) mass is 154 g/mol. The van der Waals surface area contributed by atoms with Crippen LogP contribution in [-0.4, -0.2) is 4.70 Å². The van der Waals surface area contributed by atoms with Crippen LogP contribution in [0.15, 0.2) is 0 Å². The Morgan fingerprint density at radius 2 is 1.12 bits per heavy atom. The van der Waals surface area contributed by atoms with Gasteiger partial charge in [-0.25, -0.2) is 0 Å². The van der Waals surface area contributed by atoms with Crippen LogP contribution in [0, 0.1) is 0 Å². The first-order valence-electron chi connectivity index (χ1n) is 2.58. The van der Waals surface area contributed by atoms with Crippen LogP contribution in [0.5, 0.6) is 0 Å². The van der Waals surface area contributed by atoms with Gasteiger partial charge in [0.25, 0.3) is 0 Å². The van der Waals surface area contributed by atoms with Crippen molar-refractivity contribution >= 4 is 27.9 Å². The van der Waals surface area contributed by atoms with E-state index in [9.17, 15) is 0 Å². The van der Waals surface area contributed by atoms with E-state index in [1.807, 2.05) is 0 Å². The zero-order chi connectivity index (χ0) is 6.41. The summed E-state index contributed by atoms with van der Waals surface area (Å²) in [6.45, 7) is 0. The molecule has 0 unspecified atom stereocenters. The minimum Gasteiger partial charge on any atom is -0.262 e. The zero-order valence-corrected chi connectivity index (χ0v) is 6.00. The minimum atomic E-state index is -0.889. The first-order valence-corrected chi connectivity index (χ1v) is 3.34. The van der Waals surface area contributed by atoms with E-state index in [0.717, 1.165) is 0 Å². The van der Waals surface area contributed by atoms with Gasteiger partial charge < -0.3 is 0 Å². The first kappa shape index (κ1) is 8.25. The molecular formula is C5H8Cl2O. The van der Waals surface area contributed by atoms with Gasteiger partial charge in [0, 0.05) is 0 Å². The van der Waals surface area contributed by atoms with Crippen molar-refractivity contribution in [3.05, 3.63) is 0 Å². The van der Waals surface area contributed by atoms with Crippen molar-refractivity contribution in [3.63, 3.8) is 0 Å². The summed E-state index contributed by atoms with van der Waals surface area (Å²) in [6.07, 6.45) is 6.00. The molecule has 0 atom stereocenters. The summed E-state index contributed by atoms with van der Waals surface area (Å²) < 4.78 is -0.889. The predicted molar refractivity (Wildman–Crippen MR) is 35.6 cm³/mol. The summed E-state index contributed by atoms with van der Waals surface area (Å²) in [5, 5.41) is 0. The molecule has 1 rings (SSSR count). The van der Waals surface area contributed by atoms with E-state index >= 15 is 0 Å². The molecule has 1 aliphatic carbocycles. The van der Waals surface area contributed by atoms with Crippen molar-refractivity contribution in [1.29, 1.82) is 0 Å². The van der Waals surface area contributed by atoms with Crippen molar-refractivity contribution in [3.8, 4) is 0 Å². The fourth-order valence-electron chi connectivity index (χ4n) is 0.250. The van der Waals surface area contributed by atoms with E-state index < -0.39 is 4.70 Å². The second-order valence-corrected chi connectivity index (χ2v) is 2.52. The van der Waals surface area contributed by atoms with Gasteiger partial charge in [0.15, 0.2) is 0 Å². The molecule has 1 nitrogen and oxygen atoms in total. The number of rotatable bonds is 0. The van der Waals surface area contributed by atoms with E-state index in [1.165, 1.54) is 25.7 Å². The highest BCUT2D eigenvalue weighted by atomic mass is 35.5. The lowest BCUT2D eigenvalue weighted by molar-refractivity contribution is 0.275. The average molecular weight is 155 g/mol. The van der Waals surface area contributed by atoms with Gasteiger partial charge in [-0.2, -0.15) is 0 Å². The number of carbonyl (C=O) groups is 1. The van der Waals surface area contributed by atoms with Gasteiger partial charge in [0.1, 0.15) is 0 Å². The smallest absolute Gasteiger partial charge is 0.262 e. The van der Waals surface area contributed by atoms with Gasteiger partial charge in [0.2, 0.25) is 0 Å². The molecule has 3 heteroatoms. The Morgan fingerprint density at radius 1 is 1.00 bits per heavy atom. The fourth-order valence-corrected chi connectivity index (χ4v) is 0.250. The third kappa shape index (κ3) is 9.54. The highest BCUT2D eigenvalue weighted by molar-refractivity contribution is 6.93. The molecule has 1 aliphatic rings. The quantitative estimate of drug-likeness (QED) is 0.491. The van der Waals surface area contributed by atoms with Crippen molar-refractivity contribution in [1.82, 2.24) is 0 Å². The molecule has 1 fully saturated rings. The van der Waals surface area contributed by atoms with Crippen LogP contribution < -0.4 is 0 Å². The average Bonchev–Trinajstić information content (AvgIpc) is 1.19. The van der Waals surface area contributed by atoms with Crippen molar-refractivity contribution in [2.24, 2.45) is 0 Å². The normalized spacial score (nSPS) is 15.2. The molecule has 8 heavy (non-hydrogen) atoms. The van der Waals surface area contributed by atoms with E-state index in [-0.39, 0.29) is 0 Å². The van der Waals surface area contributed by atoms with E-state index in [1.54, 1.807) is 0 Å². The molecule has 0 aromatic carbocycles. The van der Waals surface area contributed by atoms with Crippen LogP contribution in [0.2, 0.25) is 0 Å². The molecule has 0 N–H and O–H groups in total. The number of hydrogen-bond acceptors (Lipinski definition) is 1. The molecule has 0 aromatic rings. The van der Waals surface area contributed by atoms with Gasteiger partial charge in [-0.15, -0.1) is 0 Å². The molecule has 0 radical (unpaired) electrons. The van der Waals surface area contributed by atoms with E-state index in [2.05, 4.69) is 23.2 Å². The molecule has 0 aliphatic heterocycles. The van der Waals surface area contributed by atoms with Crippen LogP contribution in [0.25, 0.3) is 0 Å². The highest BCUT2D eigenvalue weighted by Crippen LogP contribution is 2.15. The third-order valence-electron chi connectivity index (χ3n) is 1.000. The largest absolute Gasteiger partial charge is 0.313 e. The maximum absolute atomic E-state index is 8.98. The Balaban J connectivity index is 0.000000122. The Hall–Kier alpha value is 0.250. The number of carbonyl (C=O) groups excluding carboxylic acids is 1. The summed E-state index contributed by atoms with van der Waals surface area (Å²) >= 11 is 8.80. The van der Waals surface area contributed by atoms with Crippen molar-refractivity contribution in [2.75, 3.05) is 0 Å². The maximum atomic E-state index is 8.98. The second-order valence-electron chi connectivity index (χ2n) is 1.64. The van der Waals surface area contributed by atoms with Gasteiger partial charge >= 0.3 is 4.70 Å². The summed E-state index contributed by atoms with van der Waals surface area (Å²) in [5.74, 6) is 0. The van der Waals surface area contributed by atoms with Crippen LogP contribution >= 0.6 is 23.2 Å². The Morgan fingerprint density at radius 3 is 1.12 bits per heavy atom. The minimum absolute atomic E-state index is 0.889. The topological polar surface area (TPSA) is 17.1 Å². The molecule has 0 saturated heterocycles. The Kier molecular flexibility index (Phi) is 5.56. The molecule has 0 heterocycles. The molecule has 0 aromatic heterocycles. The summed E-state index contributed by atoms with van der Waals surface area (Å²) in [4.78, 5) is 8.98. The van der Waals surface area contributed by atoms with Crippen LogP contribution in [0.4, 0.5) is 4.79 Å². The Labute approximate surface area is 59.0 Å². The number of halogens is 2. The van der Waals surface area contributed by atoms with Crippen LogP contribution in [0.1, 0.15) is 25.7 Å². The van der Waals surface area contributed by atoms with Crippen molar-refractivity contribution in [2.45, 2.75) is 25.7 Å². The van der Waals surface area contributed by atoms with Crippen molar-refractivity contribution < 1.29 is 4.79 Å². The third-order valence-corrected chi connectivity index (χ3v) is 1.000. The van der Waals surface area contributed by atoms with Gasteiger partial charge in [0.05, 0.1) is 0 Å². The fraction of sp³-hybridized carbons (Fsp3) is 0.800. The standard InChI is InChI=1S/C4H8.CCl2O/c1-2-4-3-1;2-1(3)4/h1-4H2;. The summed E-state index contributed by atoms with van der Waals surface area (Å²) in [5.41, 5.74) is 0. The highest BCUT2D eigenvalue weighted by Gasteiger charge is 1.95. The molecule has 1 saturated carbocycles. The molecular weight excluding hydrogens is 147 g/mol. The van der Waals surface area contributed by atoms with E-state index in [0.29, 0.717) is 0 Å². The summed E-state index contributed by atoms with van der Waals surface area (Å²) in [7, 11) is 0. The number of hydrogen-bond donors (Lipinski definition) is 0. The first-order chi connectivity index (χ1) is 3.73.